The number of likely N-dealkylation sites (tertiary alicyclic amines) is 1. The predicted molar refractivity (Wildman–Crippen MR) is 127 cm³/mol. The van der Waals surface area contributed by atoms with Crippen LogP contribution in [0, 0.1) is 11.8 Å². The minimum Gasteiger partial charge on any atom is -0.493 e. The number of benzene rings is 2. The van der Waals surface area contributed by atoms with Crippen molar-refractivity contribution in [1.29, 1.82) is 0 Å². The topological polar surface area (TPSA) is 134 Å². The average Bonchev–Trinajstić information content (AvgIpc) is 3.45. The van der Waals surface area contributed by atoms with Crippen molar-refractivity contribution >= 4 is 29.4 Å². The number of methoxy groups -OCH3 is 2. The van der Waals surface area contributed by atoms with Crippen LogP contribution in [-0.2, 0) is 31.1 Å². The monoisotopic (exact) mass is 493 g/mol. The number of imide groups is 1. The summed E-state index contributed by atoms with van der Waals surface area (Å²) in [5.74, 6) is -2.90. The Morgan fingerprint density at radius 2 is 1.81 bits per heavy atom. The summed E-state index contributed by atoms with van der Waals surface area (Å²) in [6, 6.07) is 11.8. The molecule has 3 aliphatic heterocycles. The minimum absolute atomic E-state index is 0.121. The number of ether oxygens (including phenoxy) is 2. The van der Waals surface area contributed by atoms with Gasteiger partial charge in [-0.1, -0.05) is 24.3 Å². The number of para-hydroxylation sites is 1. The van der Waals surface area contributed by atoms with Gasteiger partial charge in [-0.05, 0) is 36.6 Å². The van der Waals surface area contributed by atoms with Crippen LogP contribution in [0.1, 0.15) is 24.0 Å². The SMILES string of the molecule is COc1ccc(CCN2C(=O)[C@@H]3C(CCC(=O)O)NC4(C(=O)Nc5ccccc54)[C@@H]3C2=O)cc1OC. The Morgan fingerprint density at radius 1 is 1.06 bits per heavy atom. The number of carboxylic acids is 1. The second kappa shape index (κ2) is 8.94. The molecule has 36 heavy (non-hydrogen) atoms. The zero-order valence-corrected chi connectivity index (χ0v) is 19.9. The highest BCUT2D eigenvalue weighted by atomic mass is 16.5. The van der Waals surface area contributed by atoms with Gasteiger partial charge >= 0.3 is 5.97 Å². The summed E-state index contributed by atoms with van der Waals surface area (Å²) in [4.78, 5) is 53.2. The van der Waals surface area contributed by atoms with Crippen molar-refractivity contribution < 1.29 is 33.8 Å². The Morgan fingerprint density at radius 3 is 2.53 bits per heavy atom. The Bertz CT molecular complexity index is 1260. The average molecular weight is 494 g/mol. The number of anilines is 1. The number of hydrogen-bond acceptors (Lipinski definition) is 7. The lowest BCUT2D eigenvalue weighted by Gasteiger charge is -2.29. The van der Waals surface area contributed by atoms with Gasteiger partial charge in [0.1, 0.15) is 5.54 Å². The normalized spacial score (nSPS) is 26.2. The summed E-state index contributed by atoms with van der Waals surface area (Å²) in [5.41, 5.74) is 0.613. The van der Waals surface area contributed by atoms with Gasteiger partial charge < -0.3 is 19.9 Å². The number of nitrogens with zero attached hydrogens (tertiary/aromatic N) is 1. The van der Waals surface area contributed by atoms with E-state index in [2.05, 4.69) is 10.6 Å². The maximum absolute atomic E-state index is 13.8. The fourth-order valence-corrected chi connectivity index (χ4v) is 5.84. The maximum atomic E-state index is 13.8. The molecular formula is C26H27N3O7. The van der Waals surface area contributed by atoms with E-state index < -0.39 is 41.2 Å². The quantitative estimate of drug-likeness (QED) is 0.472. The molecule has 3 N–H and O–H groups in total. The molecule has 0 radical (unpaired) electrons. The Hall–Kier alpha value is -3.92. The number of fused-ring (bicyclic) bond motifs is 4. The van der Waals surface area contributed by atoms with Crippen LogP contribution in [0.5, 0.6) is 11.5 Å². The molecule has 0 bridgehead atoms. The molecule has 2 unspecified atom stereocenters. The van der Waals surface area contributed by atoms with Crippen molar-refractivity contribution in [1.82, 2.24) is 10.2 Å². The van der Waals surface area contributed by atoms with Gasteiger partial charge in [0, 0.05) is 30.3 Å². The van der Waals surface area contributed by atoms with Gasteiger partial charge in [-0.3, -0.25) is 29.4 Å². The predicted octanol–water partition coefficient (Wildman–Crippen LogP) is 1.53. The molecule has 5 rings (SSSR count). The molecule has 0 aliphatic carbocycles. The maximum Gasteiger partial charge on any atom is 0.303 e. The summed E-state index contributed by atoms with van der Waals surface area (Å²) >= 11 is 0. The summed E-state index contributed by atoms with van der Waals surface area (Å²) in [7, 11) is 3.07. The summed E-state index contributed by atoms with van der Waals surface area (Å²) in [6.07, 6.45) is 0.323. The second-order valence-electron chi connectivity index (χ2n) is 9.26. The lowest BCUT2D eigenvalue weighted by atomic mass is 9.76. The highest BCUT2D eigenvalue weighted by Gasteiger charge is 2.70. The summed E-state index contributed by atoms with van der Waals surface area (Å²) in [5, 5.41) is 15.3. The molecule has 10 nitrogen and oxygen atoms in total. The van der Waals surface area contributed by atoms with Crippen LogP contribution in [0.4, 0.5) is 5.69 Å². The van der Waals surface area contributed by atoms with Gasteiger partial charge in [0.15, 0.2) is 11.5 Å². The first-order valence-electron chi connectivity index (χ1n) is 11.8. The molecule has 0 saturated carbocycles. The lowest BCUT2D eigenvalue weighted by molar-refractivity contribution is -0.143. The van der Waals surface area contributed by atoms with Gasteiger partial charge in [-0.15, -0.1) is 0 Å². The summed E-state index contributed by atoms with van der Waals surface area (Å²) < 4.78 is 10.6. The van der Waals surface area contributed by atoms with E-state index in [1.165, 1.54) is 12.0 Å². The minimum atomic E-state index is -1.42. The third kappa shape index (κ3) is 3.51. The van der Waals surface area contributed by atoms with E-state index in [1.807, 2.05) is 6.07 Å². The standard InChI is InChI=1S/C26H27N3O7/c1-35-18-9-7-14(13-19(18)36-2)11-12-29-23(32)21-17(8-10-20(30)31)28-26(22(21)24(29)33)15-5-3-4-6-16(15)27-25(26)34/h3-7,9,13,17,21-22,28H,8,10-12H2,1-2H3,(H,27,34)(H,30,31)/t17?,21-,22+,26?/m1/s1. The molecule has 3 amide bonds. The van der Waals surface area contributed by atoms with Crippen LogP contribution in [0.25, 0.3) is 0 Å². The highest BCUT2D eigenvalue weighted by Crippen LogP contribution is 2.53. The molecule has 10 heteroatoms. The Balaban J connectivity index is 1.46. The van der Waals surface area contributed by atoms with Gasteiger partial charge in [-0.2, -0.15) is 0 Å². The number of carbonyl (C=O) groups excluding carboxylic acids is 3. The summed E-state index contributed by atoms with van der Waals surface area (Å²) in [6.45, 7) is 0.130. The fourth-order valence-electron chi connectivity index (χ4n) is 5.84. The third-order valence-electron chi connectivity index (χ3n) is 7.45. The van der Waals surface area contributed by atoms with Crippen LogP contribution in [0.3, 0.4) is 0 Å². The number of carbonyl (C=O) groups is 4. The number of rotatable bonds is 8. The van der Waals surface area contributed by atoms with E-state index >= 15 is 0 Å². The number of aliphatic carboxylic acids is 1. The van der Waals surface area contributed by atoms with Crippen LogP contribution in [0.15, 0.2) is 42.5 Å². The molecule has 4 atom stereocenters. The Kier molecular flexibility index (Phi) is 5.91. The Labute approximate surface area is 207 Å². The van der Waals surface area contributed by atoms with E-state index in [0.29, 0.717) is 29.2 Å². The van der Waals surface area contributed by atoms with E-state index in [-0.39, 0.29) is 25.3 Å². The van der Waals surface area contributed by atoms with Gasteiger partial charge in [-0.25, -0.2) is 0 Å². The van der Waals surface area contributed by atoms with Crippen molar-refractivity contribution in [3.05, 3.63) is 53.6 Å². The van der Waals surface area contributed by atoms with Gasteiger partial charge in [0.05, 0.1) is 26.1 Å². The van der Waals surface area contributed by atoms with Crippen molar-refractivity contribution in [3.8, 4) is 11.5 Å². The first-order chi connectivity index (χ1) is 17.3. The van der Waals surface area contributed by atoms with E-state index in [0.717, 1.165) is 5.56 Å². The van der Waals surface area contributed by atoms with E-state index in [4.69, 9.17) is 9.47 Å². The second-order valence-corrected chi connectivity index (χ2v) is 9.26. The molecule has 2 aromatic carbocycles. The van der Waals surface area contributed by atoms with Crippen molar-refractivity contribution in [3.63, 3.8) is 0 Å². The molecule has 2 aromatic rings. The van der Waals surface area contributed by atoms with Crippen molar-refractivity contribution in [2.45, 2.75) is 30.8 Å². The van der Waals surface area contributed by atoms with Crippen molar-refractivity contribution in [2.24, 2.45) is 11.8 Å². The van der Waals surface area contributed by atoms with Crippen LogP contribution in [-0.4, -0.2) is 60.5 Å². The molecule has 188 valence electrons. The molecular weight excluding hydrogens is 466 g/mol. The molecule has 0 aromatic heterocycles. The fraction of sp³-hybridized carbons (Fsp3) is 0.385. The van der Waals surface area contributed by atoms with E-state index in [9.17, 15) is 24.3 Å². The smallest absolute Gasteiger partial charge is 0.303 e. The van der Waals surface area contributed by atoms with Crippen LogP contribution < -0.4 is 20.1 Å². The number of hydrogen-bond donors (Lipinski definition) is 3. The number of carboxylic acid groups (broad SMARTS) is 1. The number of nitrogens with one attached hydrogen (secondary N) is 2. The zero-order chi connectivity index (χ0) is 25.6. The lowest BCUT2D eigenvalue weighted by Crippen LogP contribution is -2.53. The third-order valence-corrected chi connectivity index (χ3v) is 7.45. The number of amides is 3. The van der Waals surface area contributed by atoms with E-state index in [1.54, 1.807) is 43.5 Å². The van der Waals surface area contributed by atoms with Crippen LogP contribution in [0.2, 0.25) is 0 Å². The molecule has 1 spiro atoms. The zero-order valence-electron chi connectivity index (χ0n) is 19.9. The first kappa shape index (κ1) is 23.8. The molecule has 3 aliphatic rings. The molecule has 2 saturated heterocycles. The first-order valence-corrected chi connectivity index (χ1v) is 11.8. The largest absolute Gasteiger partial charge is 0.493 e. The van der Waals surface area contributed by atoms with Crippen LogP contribution >= 0.6 is 0 Å². The molecule has 3 heterocycles. The van der Waals surface area contributed by atoms with Crippen molar-refractivity contribution in [2.75, 3.05) is 26.1 Å². The van der Waals surface area contributed by atoms with Gasteiger partial charge in [0.2, 0.25) is 17.7 Å². The molecule has 2 fully saturated rings. The highest BCUT2D eigenvalue weighted by molar-refractivity contribution is 6.15. The van der Waals surface area contributed by atoms with Gasteiger partial charge in [0.25, 0.3) is 0 Å².